The molecule has 1 aromatic rings. The van der Waals surface area contributed by atoms with Crippen molar-refractivity contribution in [1.82, 2.24) is 5.32 Å². The Kier molecular flexibility index (Phi) is 9.04. The predicted molar refractivity (Wildman–Crippen MR) is 81.3 cm³/mol. The summed E-state index contributed by atoms with van der Waals surface area (Å²) in [4.78, 5) is 0. The number of aryl methyl sites for hydroxylation is 1. The van der Waals surface area contributed by atoms with E-state index >= 15 is 0 Å². The van der Waals surface area contributed by atoms with Gasteiger partial charge in [0, 0.05) is 20.3 Å². The average molecular weight is 281 g/mol. The number of para-hydroxylation sites is 1. The number of aliphatic hydroxyl groups is 1. The van der Waals surface area contributed by atoms with Crippen molar-refractivity contribution in [3.63, 3.8) is 0 Å². The minimum atomic E-state index is -0.478. The van der Waals surface area contributed by atoms with E-state index in [0.717, 1.165) is 43.7 Å². The molecule has 20 heavy (non-hydrogen) atoms. The molecule has 114 valence electrons. The van der Waals surface area contributed by atoms with Gasteiger partial charge in [0.1, 0.15) is 18.5 Å². The number of unbranched alkanes of at least 4 members (excludes halogenated alkanes) is 2. The highest BCUT2D eigenvalue weighted by Gasteiger charge is 2.05. The normalized spacial score (nSPS) is 12.3. The summed E-state index contributed by atoms with van der Waals surface area (Å²) in [5.41, 5.74) is 1.09. The van der Waals surface area contributed by atoms with E-state index in [1.54, 1.807) is 7.11 Å². The predicted octanol–water partition coefficient (Wildman–Crippen LogP) is 2.14. The van der Waals surface area contributed by atoms with E-state index < -0.39 is 6.10 Å². The highest BCUT2D eigenvalue weighted by atomic mass is 16.5. The molecule has 0 saturated carbocycles. The van der Waals surface area contributed by atoms with Gasteiger partial charge in [0.2, 0.25) is 0 Å². The Bertz CT molecular complexity index is 357. The number of hydrogen-bond donors (Lipinski definition) is 2. The summed E-state index contributed by atoms with van der Waals surface area (Å²) in [6.07, 6.45) is 2.87. The van der Waals surface area contributed by atoms with Crippen LogP contribution in [0, 0.1) is 6.92 Å². The third-order valence-corrected chi connectivity index (χ3v) is 3.11. The fourth-order valence-corrected chi connectivity index (χ4v) is 1.91. The van der Waals surface area contributed by atoms with Crippen LogP contribution in [0.25, 0.3) is 0 Å². The maximum Gasteiger partial charge on any atom is 0.122 e. The summed E-state index contributed by atoms with van der Waals surface area (Å²) in [6, 6.07) is 7.84. The van der Waals surface area contributed by atoms with Gasteiger partial charge in [-0.3, -0.25) is 0 Å². The molecule has 0 aliphatic rings. The maximum atomic E-state index is 9.83. The van der Waals surface area contributed by atoms with Gasteiger partial charge in [0.05, 0.1) is 0 Å². The van der Waals surface area contributed by atoms with Crippen LogP contribution < -0.4 is 10.1 Å². The molecule has 0 fully saturated rings. The van der Waals surface area contributed by atoms with Crippen molar-refractivity contribution in [2.75, 3.05) is 33.4 Å². The van der Waals surface area contributed by atoms with Gasteiger partial charge < -0.3 is 19.9 Å². The number of benzene rings is 1. The van der Waals surface area contributed by atoms with Crippen LogP contribution in [0.15, 0.2) is 24.3 Å². The first-order valence-corrected chi connectivity index (χ1v) is 7.30. The van der Waals surface area contributed by atoms with Gasteiger partial charge in [0.15, 0.2) is 0 Å². The van der Waals surface area contributed by atoms with Gasteiger partial charge in [-0.15, -0.1) is 0 Å². The molecular formula is C16H27NO3. The molecule has 0 heterocycles. The number of ether oxygens (including phenoxy) is 2. The topological polar surface area (TPSA) is 50.7 Å². The molecule has 1 atom stereocenters. The Labute approximate surface area is 122 Å². The molecule has 0 amide bonds. The zero-order chi connectivity index (χ0) is 14.6. The van der Waals surface area contributed by atoms with Crippen molar-refractivity contribution in [1.29, 1.82) is 0 Å². The molecule has 1 rings (SSSR count). The second-order valence-corrected chi connectivity index (χ2v) is 4.99. The van der Waals surface area contributed by atoms with E-state index in [1.807, 2.05) is 31.2 Å². The van der Waals surface area contributed by atoms with Crippen LogP contribution in [0.3, 0.4) is 0 Å². The minimum Gasteiger partial charge on any atom is -0.491 e. The standard InChI is InChI=1S/C16H27NO3/c1-14-8-4-5-9-16(14)20-13-15(18)12-17-10-6-3-7-11-19-2/h4-5,8-9,15,17-18H,3,6-7,10-13H2,1-2H3. The molecule has 2 N–H and O–H groups in total. The van der Waals surface area contributed by atoms with Crippen molar-refractivity contribution in [3.8, 4) is 5.75 Å². The quantitative estimate of drug-likeness (QED) is 0.610. The minimum absolute atomic E-state index is 0.321. The summed E-state index contributed by atoms with van der Waals surface area (Å²) in [7, 11) is 1.73. The van der Waals surface area contributed by atoms with E-state index in [2.05, 4.69) is 5.32 Å². The molecule has 0 aromatic heterocycles. The molecular weight excluding hydrogens is 254 g/mol. The van der Waals surface area contributed by atoms with Crippen LogP contribution in [0.2, 0.25) is 0 Å². The molecule has 0 aliphatic heterocycles. The van der Waals surface area contributed by atoms with Crippen molar-refractivity contribution >= 4 is 0 Å². The summed E-state index contributed by atoms with van der Waals surface area (Å²) >= 11 is 0. The van der Waals surface area contributed by atoms with Gasteiger partial charge >= 0.3 is 0 Å². The lowest BCUT2D eigenvalue weighted by atomic mass is 10.2. The van der Waals surface area contributed by atoms with Crippen LogP contribution in [-0.2, 0) is 4.74 Å². The highest BCUT2D eigenvalue weighted by molar-refractivity contribution is 5.31. The summed E-state index contributed by atoms with van der Waals surface area (Å²) in [5, 5.41) is 13.1. The van der Waals surface area contributed by atoms with Gasteiger partial charge in [-0.05, 0) is 44.4 Å². The van der Waals surface area contributed by atoms with Crippen LogP contribution in [0.1, 0.15) is 24.8 Å². The zero-order valence-electron chi connectivity index (χ0n) is 12.6. The first-order valence-electron chi connectivity index (χ1n) is 7.30. The summed E-state index contributed by atoms with van der Waals surface area (Å²) in [5.74, 6) is 0.839. The molecule has 1 aromatic carbocycles. The fourth-order valence-electron chi connectivity index (χ4n) is 1.91. The third kappa shape index (κ3) is 7.48. The van der Waals surface area contributed by atoms with Crippen molar-refractivity contribution in [2.45, 2.75) is 32.3 Å². The highest BCUT2D eigenvalue weighted by Crippen LogP contribution is 2.16. The molecule has 4 nitrogen and oxygen atoms in total. The van der Waals surface area contributed by atoms with E-state index in [1.165, 1.54) is 0 Å². The third-order valence-electron chi connectivity index (χ3n) is 3.11. The van der Waals surface area contributed by atoms with Crippen LogP contribution in [0.4, 0.5) is 0 Å². The Hall–Kier alpha value is -1.10. The van der Waals surface area contributed by atoms with Crippen molar-refractivity contribution in [2.24, 2.45) is 0 Å². The monoisotopic (exact) mass is 281 g/mol. The van der Waals surface area contributed by atoms with E-state index in [0.29, 0.717) is 13.2 Å². The number of hydrogen-bond acceptors (Lipinski definition) is 4. The first kappa shape index (κ1) is 17.0. The smallest absolute Gasteiger partial charge is 0.122 e. The van der Waals surface area contributed by atoms with Gasteiger partial charge in [-0.2, -0.15) is 0 Å². The van der Waals surface area contributed by atoms with Gasteiger partial charge in [-0.1, -0.05) is 18.2 Å². The second-order valence-electron chi connectivity index (χ2n) is 4.99. The largest absolute Gasteiger partial charge is 0.491 e. The van der Waals surface area contributed by atoms with Crippen LogP contribution in [-0.4, -0.2) is 44.6 Å². The molecule has 1 unspecified atom stereocenters. The van der Waals surface area contributed by atoms with Gasteiger partial charge in [-0.25, -0.2) is 0 Å². The Morgan fingerprint density at radius 2 is 2.00 bits per heavy atom. The fraction of sp³-hybridized carbons (Fsp3) is 0.625. The molecule has 0 radical (unpaired) electrons. The molecule has 4 heteroatoms. The molecule has 0 saturated heterocycles. The number of aliphatic hydroxyl groups excluding tert-OH is 1. The zero-order valence-corrected chi connectivity index (χ0v) is 12.6. The second kappa shape index (κ2) is 10.7. The van der Waals surface area contributed by atoms with Crippen molar-refractivity contribution < 1.29 is 14.6 Å². The number of rotatable bonds is 11. The molecule has 0 spiro atoms. The number of methoxy groups -OCH3 is 1. The summed E-state index contributed by atoms with van der Waals surface area (Å²) in [6.45, 7) is 4.63. The van der Waals surface area contributed by atoms with E-state index in [9.17, 15) is 5.11 Å². The van der Waals surface area contributed by atoms with Crippen LogP contribution in [0.5, 0.6) is 5.75 Å². The average Bonchev–Trinajstić information content (AvgIpc) is 2.45. The molecule has 0 bridgehead atoms. The number of nitrogens with one attached hydrogen (secondary N) is 1. The molecule has 0 aliphatic carbocycles. The maximum absolute atomic E-state index is 9.83. The van der Waals surface area contributed by atoms with Gasteiger partial charge in [0.25, 0.3) is 0 Å². The Morgan fingerprint density at radius 3 is 2.75 bits per heavy atom. The van der Waals surface area contributed by atoms with Crippen molar-refractivity contribution in [3.05, 3.63) is 29.8 Å². The Balaban J connectivity index is 2.03. The lowest BCUT2D eigenvalue weighted by Gasteiger charge is -2.14. The van der Waals surface area contributed by atoms with Crippen LogP contribution >= 0.6 is 0 Å². The lowest BCUT2D eigenvalue weighted by molar-refractivity contribution is 0.106. The Morgan fingerprint density at radius 1 is 1.20 bits per heavy atom. The first-order chi connectivity index (χ1) is 9.74. The SMILES string of the molecule is COCCCCCNCC(O)COc1ccccc1C. The lowest BCUT2D eigenvalue weighted by Crippen LogP contribution is -2.32. The van der Waals surface area contributed by atoms with E-state index in [4.69, 9.17) is 9.47 Å². The van der Waals surface area contributed by atoms with E-state index in [-0.39, 0.29) is 0 Å². The summed E-state index contributed by atoms with van der Waals surface area (Å²) < 4.78 is 10.6.